The van der Waals surface area contributed by atoms with Gasteiger partial charge >= 0.3 is 11.9 Å². The maximum Gasteiger partial charge on any atom is 0.335 e. The molecule has 3 aromatic heterocycles. The van der Waals surface area contributed by atoms with Crippen LogP contribution in [-0.4, -0.2) is 32.1 Å². The van der Waals surface area contributed by atoms with E-state index >= 15 is 0 Å². The zero-order chi connectivity index (χ0) is 29.1. The fraction of sp³-hybridized carbons (Fsp3) is 0.0303. The largest absolute Gasteiger partial charge is 0.478 e. The summed E-state index contributed by atoms with van der Waals surface area (Å²) in [4.78, 5) is 34.3. The molecule has 3 N–H and O–H groups in total. The highest BCUT2D eigenvalue weighted by molar-refractivity contribution is 5.90. The van der Waals surface area contributed by atoms with Gasteiger partial charge in [-0.2, -0.15) is 0 Å². The third-order valence-electron chi connectivity index (χ3n) is 6.69. The number of rotatable bonds is 8. The Hall–Kier alpha value is -5.96. The summed E-state index contributed by atoms with van der Waals surface area (Å²) in [5.41, 5.74) is 3.63. The molecule has 0 amide bonds. The van der Waals surface area contributed by atoms with Crippen LogP contribution in [0.5, 0.6) is 0 Å². The van der Waals surface area contributed by atoms with Gasteiger partial charge in [-0.3, -0.25) is 9.88 Å². The minimum atomic E-state index is -1.14. The minimum absolute atomic E-state index is 0.00507. The number of aromatic carboxylic acids is 2. The van der Waals surface area contributed by atoms with Gasteiger partial charge in [0.2, 0.25) is 5.88 Å². The van der Waals surface area contributed by atoms with E-state index in [1.807, 2.05) is 89.8 Å². The van der Waals surface area contributed by atoms with Crippen molar-refractivity contribution < 1.29 is 24.2 Å². The van der Waals surface area contributed by atoms with Gasteiger partial charge in [0.1, 0.15) is 5.76 Å². The Morgan fingerprint density at radius 3 is 2.12 bits per heavy atom. The lowest BCUT2D eigenvalue weighted by molar-refractivity contribution is 0.0685. The molecule has 0 saturated carbocycles. The van der Waals surface area contributed by atoms with Gasteiger partial charge in [-0.1, -0.05) is 36.4 Å². The summed E-state index contributed by atoms with van der Waals surface area (Å²) in [6.45, 7) is 0. The van der Waals surface area contributed by atoms with Gasteiger partial charge in [0.05, 0.1) is 34.3 Å². The maximum atomic E-state index is 12.0. The van der Waals surface area contributed by atoms with Crippen LogP contribution in [0.1, 0.15) is 38.2 Å². The van der Waals surface area contributed by atoms with Crippen LogP contribution in [0.3, 0.4) is 0 Å². The molecule has 9 heteroatoms. The number of hydrogen-bond donors (Lipinski definition) is 3. The number of para-hydroxylation sites is 2. The van der Waals surface area contributed by atoms with Crippen molar-refractivity contribution in [2.45, 2.75) is 6.04 Å². The van der Waals surface area contributed by atoms with Gasteiger partial charge in [0, 0.05) is 29.2 Å². The topological polar surface area (TPSA) is 129 Å². The first-order valence-electron chi connectivity index (χ1n) is 13.1. The van der Waals surface area contributed by atoms with Crippen LogP contribution >= 0.6 is 0 Å². The van der Waals surface area contributed by atoms with E-state index in [1.165, 1.54) is 30.5 Å². The van der Waals surface area contributed by atoms with Crippen LogP contribution in [0.25, 0.3) is 17.0 Å². The van der Waals surface area contributed by atoms with E-state index in [1.54, 1.807) is 6.20 Å². The lowest BCUT2D eigenvalue weighted by Gasteiger charge is -2.22. The van der Waals surface area contributed by atoms with Gasteiger partial charge in [0.25, 0.3) is 0 Å². The first-order valence-corrected chi connectivity index (χ1v) is 13.1. The minimum Gasteiger partial charge on any atom is -0.478 e. The molecule has 1 aliphatic heterocycles. The lowest BCUT2D eigenvalue weighted by Crippen LogP contribution is -2.18. The molecule has 1 atom stereocenters. The van der Waals surface area contributed by atoms with Crippen LogP contribution in [0.4, 0.5) is 17.3 Å². The molecule has 5 aromatic rings. The summed E-state index contributed by atoms with van der Waals surface area (Å²) < 4.78 is 6.37. The Morgan fingerprint density at radius 1 is 0.786 bits per heavy atom. The number of nitrogens with zero attached hydrogens (tertiary/aromatic N) is 3. The molecule has 42 heavy (non-hydrogen) atoms. The number of carbonyl (C=O) groups is 2. The molecular weight excluding hydrogens is 532 g/mol. The Morgan fingerprint density at radius 2 is 1.45 bits per heavy atom. The van der Waals surface area contributed by atoms with Crippen molar-refractivity contribution in [2.75, 3.05) is 4.90 Å². The highest BCUT2D eigenvalue weighted by Gasteiger charge is 2.21. The highest BCUT2D eigenvalue weighted by Crippen LogP contribution is 2.37. The maximum absolute atomic E-state index is 12.0. The number of anilines is 3. The van der Waals surface area contributed by atoms with Gasteiger partial charge < -0.3 is 19.9 Å². The number of aromatic nitrogens is 2. The number of nitrogens with one attached hydrogen (secondary N) is 1. The predicted molar refractivity (Wildman–Crippen MR) is 158 cm³/mol. The van der Waals surface area contributed by atoms with Crippen molar-refractivity contribution in [1.29, 1.82) is 0 Å². The van der Waals surface area contributed by atoms with Crippen LogP contribution in [-0.2, 0) is 0 Å². The molecule has 0 fully saturated rings. The van der Waals surface area contributed by atoms with Crippen molar-refractivity contribution in [1.82, 2.24) is 15.3 Å². The molecule has 6 rings (SSSR count). The van der Waals surface area contributed by atoms with Gasteiger partial charge in [0.15, 0.2) is 0 Å². The number of furan rings is 1. The first kappa shape index (κ1) is 26.3. The van der Waals surface area contributed by atoms with E-state index in [0.29, 0.717) is 17.3 Å². The fourth-order valence-electron chi connectivity index (χ4n) is 4.69. The molecule has 0 radical (unpaired) electrons. The Balaban J connectivity index is 1.36. The fourth-order valence-corrected chi connectivity index (χ4v) is 4.69. The normalized spacial score (nSPS) is 14.1. The van der Waals surface area contributed by atoms with Crippen molar-refractivity contribution >= 4 is 34.8 Å². The third-order valence-corrected chi connectivity index (χ3v) is 6.69. The predicted octanol–water partition coefficient (Wildman–Crippen LogP) is 6.84. The van der Waals surface area contributed by atoms with Crippen molar-refractivity contribution in [3.8, 4) is 11.4 Å². The molecule has 0 spiro atoms. The quantitative estimate of drug-likeness (QED) is 0.188. The monoisotopic (exact) mass is 556 g/mol. The second kappa shape index (κ2) is 11.3. The molecule has 206 valence electrons. The van der Waals surface area contributed by atoms with Crippen LogP contribution in [0.15, 0.2) is 126 Å². The first-order chi connectivity index (χ1) is 20.5. The van der Waals surface area contributed by atoms with Crippen LogP contribution in [0.2, 0.25) is 0 Å². The Kier molecular flexibility index (Phi) is 7.05. The molecular formula is C33H24N4O5. The SMILES string of the molecule is O=C(O)c1ccnc(-c2cc(C(=O)O)cc(C3C=C(c4ccc(N(c5ccccc5)c5ccccc5)o4)C=CN3)n2)c1. The van der Waals surface area contributed by atoms with Crippen LogP contribution < -0.4 is 10.2 Å². The van der Waals surface area contributed by atoms with Crippen molar-refractivity contribution in [3.63, 3.8) is 0 Å². The highest BCUT2D eigenvalue weighted by atomic mass is 16.4. The van der Waals surface area contributed by atoms with E-state index in [2.05, 4.69) is 15.3 Å². The lowest BCUT2D eigenvalue weighted by atomic mass is 10.0. The number of allylic oxidation sites excluding steroid dienone is 2. The number of carboxylic acid groups (broad SMARTS) is 2. The van der Waals surface area contributed by atoms with E-state index in [0.717, 1.165) is 16.9 Å². The molecule has 1 unspecified atom stereocenters. The third kappa shape index (κ3) is 5.39. The van der Waals surface area contributed by atoms with E-state index in [4.69, 9.17) is 4.42 Å². The van der Waals surface area contributed by atoms with Crippen molar-refractivity contribution in [3.05, 3.63) is 144 Å². The zero-order valence-electron chi connectivity index (χ0n) is 22.1. The summed E-state index contributed by atoms with van der Waals surface area (Å²) >= 11 is 0. The molecule has 0 aliphatic carbocycles. The summed E-state index contributed by atoms with van der Waals surface area (Å²) in [5, 5.41) is 22.4. The van der Waals surface area contributed by atoms with E-state index in [-0.39, 0.29) is 22.5 Å². The average Bonchev–Trinajstić information content (AvgIpc) is 3.52. The van der Waals surface area contributed by atoms with Gasteiger partial charge in [-0.25, -0.2) is 14.6 Å². The van der Waals surface area contributed by atoms with Crippen molar-refractivity contribution in [2.24, 2.45) is 0 Å². The Labute approximate surface area is 240 Å². The summed E-state index contributed by atoms with van der Waals surface area (Å²) in [6.07, 6.45) is 6.88. The van der Waals surface area contributed by atoms with E-state index < -0.39 is 18.0 Å². The smallest absolute Gasteiger partial charge is 0.335 e. The summed E-state index contributed by atoms with van der Waals surface area (Å²) in [6, 6.07) is 28.7. The zero-order valence-corrected chi connectivity index (χ0v) is 22.1. The number of benzene rings is 2. The molecule has 2 aromatic carbocycles. The molecule has 4 heterocycles. The number of pyridine rings is 2. The van der Waals surface area contributed by atoms with Gasteiger partial charge in [-0.15, -0.1) is 0 Å². The molecule has 0 bridgehead atoms. The Bertz CT molecular complexity index is 1790. The van der Waals surface area contributed by atoms with E-state index in [9.17, 15) is 19.8 Å². The summed E-state index contributed by atoms with van der Waals surface area (Å²) in [7, 11) is 0. The standard InChI is InChI=1S/C33H24N4O5/c38-32(39)22-14-16-35-27(18-22)29-20-23(33(40)41)19-28(36-29)26-17-21(13-15-34-26)30-11-12-31(42-30)37(24-7-3-1-4-8-24)25-9-5-2-6-10-25/h1-20,26,34H,(H,38,39)(H,40,41). The molecule has 1 aliphatic rings. The number of hydrogen-bond acceptors (Lipinski definition) is 7. The average molecular weight is 557 g/mol. The summed E-state index contributed by atoms with van der Waals surface area (Å²) in [5.74, 6) is -1.00. The van der Waals surface area contributed by atoms with Gasteiger partial charge in [-0.05, 0) is 72.9 Å². The van der Waals surface area contributed by atoms with Crippen LogP contribution in [0, 0.1) is 0 Å². The molecule has 0 saturated heterocycles. The number of carboxylic acids is 2. The molecule has 9 nitrogen and oxygen atoms in total. The second-order valence-electron chi connectivity index (χ2n) is 9.45. The second-order valence-corrected chi connectivity index (χ2v) is 9.45. The number of dihydropyridines is 1.